The van der Waals surface area contributed by atoms with Gasteiger partial charge in [0.05, 0.1) is 22.5 Å². The molecule has 0 N–H and O–H groups in total. The van der Waals surface area contributed by atoms with Crippen LogP contribution in [0, 0.1) is 20.8 Å². The monoisotopic (exact) mass is 470 g/mol. The quantitative estimate of drug-likeness (QED) is 0.458. The summed E-state index contributed by atoms with van der Waals surface area (Å²) in [6, 6.07) is 18.3. The van der Waals surface area contributed by atoms with E-state index in [4.69, 9.17) is 0 Å². The molecule has 1 fully saturated rings. The van der Waals surface area contributed by atoms with E-state index in [2.05, 4.69) is 53.2 Å². The molecule has 0 unspecified atom stereocenters. The van der Waals surface area contributed by atoms with E-state index in [0.29, 0.717) is 29.7 Å². The molecular formula is C27H30N6O2. The minimum Gasteiger partial charge on any atom is -0.365 e. The Labute approximate surface area is 204 Å². The Hall–Kier alpha value is -3.94. The fourth-order valence-corrected chi connectivity index (χ4v) is 4.94. The molecule has 2 aromatic heterocycles. The van der Waals surface area contributed by atoms with Gasteiger partial charge in [0.1, 0.15) is 12.1 Å². The molecule has 4 aromatic rings. The van der Waals surface area contributed by atoms with Crippen LogP contribution in [0.25, 0.3) is 16.6 Å². The summed E-state index contributed by atoms with van der Waals surface area (Å²) in [5, 5.41) is 9.60. The third-order valence-corrected chi connectivity index (χ3v) is 6.78. The zero-order valence-electron chi connectivity index (χ0n) is 20.6. The number of para-hydroxylation sites is 1. The van der Waals surface area contributed by atoms with Crippen LogP contribution >= 0.6 is 0 Å². The van der Waals surface area contributed by atoms with Crippen molar-refractivity contribution in [1.29, 1.82) is 0 Å². The number of benzene rings is 2. The summed E-state index contributed by atoms with van der Waals surface area (Å²) in [4.78, 5) is 30.7. The molecule has 5 rings (SSSR count). The maximum Gasteiger partial charge on any atom is 0.278 e. The van der Waals surface area contributed by atoms with Crippen LogP contribution in [0.5, 0.6) is 0 Å². The minimum absolute atomic E-state index is 0.0806. The van der Waals surface area contributed by atoms with Gasteiger partial charge in [0.2, 0.25) is 5.91 Å². The van der Waals surface area contributed by atoms with Crippen molar-refractivity contribution >= 4 is 22.5 Å². The van der Waals surface area contributed by atoms with Gasteiger partial charge in [-0.1, -0.05) is 30.3 Å². The molecule has 8 heteroatoms. The van der Waals surface area contributed by atoms with Gasteiger partial charge in [0.15, 0.2) is 0 Å². The Bertz CT molecular complexity index is 1460. The number of amides is 1. The third kappa shape index (κ3) is 4.20. The highest BCUT2D eigenvalue weighted by atomic mass is 16.2. The summed E-state index contributed by atoms with van der Waals surface area (Å²) in [6.45, 7) is 9.80. The van der Waals surface area contributed by atoms with Crippen LogP contribution in [-0.2, 0) is 11.3 Å². The topological polar surface area (TPSA) is 76.3 Å². The molecule has 3 heterocycles. The highest BCUT2D eigenvalue weighted by molar-refractivity contribution is 5.83. The van der Waals surface area contributed by atoms with Crippen LogP contribution in [0.3, 0.4) is 0 Å². The number of aryl methyl sites for hydroxylation is 3. The fraction of sp³-hybridized carbons (Fsp3) is 0.333. The predicted octanol–water partition coefficient (Wildman–Crippen LogP) is 3.24. The molecule has 2 aromatic carbocycles. The maximum absolute atomic E-state index is 13.4. The average molecular weight is 471 g/mol. The number of piperazine rings is 1. The van der Waals surface area contributed by atoms with Crippen molar-refractivity contribution in [2.24, 2.45) is 0 Å². The van der Waals surface area contributed by atoms with Crippen LogP contribution in [0.4, 0.5) is 5.69 Å². The van der Waals surface area contributed by atoms with Gasteiger partial charge >= 0.3 is 0 Å². The van der Waals surface area contributed by atoms with Gasteiger partial charge in [-0.3, -0.25) is 9.59 Å². The van der Waals surface area contributed by atoms with E-state index in [1.54, 1.807) is 4.68 Å². The molecule has 1 atom stereocenters. The Morgan fingerprint density at radius 2 is 1.71 bits per heavy atom. The van der Waals surface area contributed by atoms with Crippen molar-refractivity contribution in [1.82, 2.24) is 24.5 Å². The lowest BCUT2D eigenvalue weighted by atomic mass is 10.1. The second kappa shape index (κ2) is 9.02. The van der Waals surface area contributed by atoms with Gasteiger partial charge in [-0.25, -0.2) is 9.36 Å². The van der Waals surface area contributed by atoms with E-state index in [-0.39, 0.29) is 24.1 Å². The minimum atomic E-state index is -0.287. The summed E-state index contributed by atoms with van der Waals surface area (Å²) in [6.07, 6.45) is 0. The van der Waals surface area contributed by atoms with E-state index in [9.17, 15) is 9.59 Å². The van der Waals surface area contributed by atoms with Gasteiger partial charge in [0, 0.05) is 31.4 Å². The first-order valence-corrected chi connectivity index (χ1v) is 12.0. The van der Waals surface area contributed by atoms with E-state index in [1.807, 2.05) is 49.1 Å². The molecule has 0 radical (unpaired) electrons. The summed E-state index contributed by atoms with van der Waals surface area (Å²) in [5.41, 5.74) is 4.92. The number of fused-ring (bicyclic) bond motifs is 1. The van der Waals surface area contributed by atoms with Crippen molar-refractivity contribution in [3.8, 4) is 5.69 Å². The number of carbonyl (C=O) groups excluding carboxylic acids is 1. The summed E-state index contributed by atoms with van der Waals surface area (Å²) >= 11 is 0. The Morgan fingerprint density at radius 1 is 0.971 bits per heavy atom. The summed E-state index contributed by atoms with van der Waals surface area (Å²) in [7, 11) is 0. The molecule has 0 spiro atoms. The molecule has 1 saturated heterocycles. The predicted molar refractivity (Wildman–Crippen MR) is 137 cm³/mol. The average Bonchev–Trinajstić information content (AvgIpc) is 3.20. The lowest BCUT2D eigenvalue weighted by Crippen LogP contribution is -2.54. The summed E-state index contributed by atoms with van der Waals surface area (Å²) in [5.74, 6) is -0.0952. The molecule has 0 aliphatic carbocycles. The molecule has 1 aliphatic rings. The first-order chi connectivity index (χ1) is 16.8. The Morgan fingerprint density at radius 3 is 2.43 bits per heavy atom. The second-order valence-corrected chi connectivity index (χ2v) is 9.33. The second-order valence-electron chi connectivity index (χ2n) is 9.33. The highest BCUT2D eigenvalue weighted by Crippen LogP contribution is 2.22. The lowest BCUT2D eigenvalue weighted by Gasteiger charge is -2.41. The van der Waals surface area contributed by atoms with Crippen LogP contribution < -0.4 is 10.5 Å². The zero-order valence-corrected chi connectivity index (χ0v) is 20.6. The smallest absolute Gasteiger partial charge is 0.278 e. The number of nitrogens with zero attached hydrogens (tertiary/aromatic N) is 6. The number of hydrogen-bond donors (Lipinski definition) is 0. The summed E-state index contributed by atoms with van der Waals surface area (Å²) < 4.78 is 3.06. The third-order valence-electron chi connectivity index (χ3n) is 6.78. The Kier molecular flexibility index (Phi) is 5.88. The molecule has 0 bridgehead atoms. The van der Waals surface area contributed by atoms with Crippen LogP contribution in [-0.4, -0.2) is 56.0 Å². The van der Waals surface area contributed by atoms with Crippen molar-refractivity contribution in [2.75, 3.05) is 24.5 Å². The number of anilines is 1. The van der Waals surface area contributed by atoms with Gasteiger partial charge < -0.3 is 9.80 Å². The zero-order chi connectivity index (χ0) is 24.7. The van der Waals surface area contributed by atoms with E-state index >= 15 is 0 Å². The van der Waals surface area contributed by atoms with Crippen molar-refractivity contribution in [3.63, 3.8) is 0 Å². The maximum atomic E-state index is 13.4. The molecule has 180 valence electrons. The van der Waals surface area contributed by atoms with Crippen LogP contribution in [0.2, 0.25) is 0 Å². The van der Waals surface area contributed by atoms with Crippen LogP contribution in [0.15, 0.2) is 59.4 Å². The number of carbonyl (C=O) groups is 1. The highest BCUT2D eigenvalue weighted by Gasteiger charge is 2.28. The lowest BCUT2D eigenvalue weighted by molar-refractivity contribution is -0.132. The van der Waals surface area contributed by atoms with E-state index < -0.39 is 0 Å². The van der Waals surface area contributed by atoms with Crippen molar-refractivity contribution < 1.29 is 4.79 Å². The molecule has 8 nitrogen and oxygen atoms in total. The normalized spacial score (nSPS) is 16.2. The SMILES string of the molecule is Cc1cccc(N2CCN(C(=O)Cn3nc(C)c4nn(-c5ccccc5)c(C)c4c3=O)C[C@H]2C)c1. The number of hydrogen-bond acceptors (Lipinski definition) is 5. The molecular weight excluding hydrogens is 440 g/mol. The van der Waals surface area contributed by atoms with Crippen molar-refractivity contribution in [3.05, 3.63) is 81.9 Å². The van der Waals surface area contributed by atoms with Gasteiger partial charge in [-0.05, 0) is 57.5 Å². The van der Waals surface area contributed by atoms with Crippen molar-refractivity contribution in [2.45, 2.75) is 40.3 Å². The molecule has 1 amide bonds. The van der Waals surface area contributed by atoms with Gasteiger partial charge in [0.25, 0.3) is 5.56 Å². The Balaban J connectivity index is 1.38. The standard InChI is InChI=1S/C27H30N6O2/c1-18-9-8-12-23(15-18)31-14-13-30(16-19(31)2)24(34)17-32-27(35)25-21(4)33(22-10-6-5-7-11-22)29-26(25)20(3)28-32/h5-12,15,19H,13-14,16-17H2,1-4H3/t19-/m1/s1. The first-order valence-electron chi connectivity index (χ1n) is 12.0. The largest absolute Gasteiger partial charge is 0.365 e. The molecule has 0 saturated carbocycles. The van der Waals surface area contributed by atoms with E-state index in [0.717, 1.165) is 17.9 Å². The molecule has 1 aliphatic heterocycles. The number of aromatic nitrogens is 4. The van der Waals surface area contributed by atoms with Gasteiger partial charge in [-0.2, -0.15) is 10.2 Å². The number of rotatable bonds is 4. The molecule has 35 heavy (non-hydrogen) atoms. The van der Waals surface area contributed by atoms with Gasteiger partial charge in [-0.15, -0.1) is 0 Å². The fourth-order valence-electron chi connectivity index (χ4n) is 4.94. The first kappa shape index (κ1) is 22.8. The van der Waals surface area contributed by atoms with E-state index in [1.165, 1.54) is 15.9 Å². The van der Waals surface area contributed by atoms with Crippen LogP contribution in [0.1, 0.15) is 23.9 Å².